The van der Waals surface area contributed by atoms with Gasteiger partial charge in [0.1, 0.15) is 0 Å². The second kappa shape index (κ2) is 8.53. The van der Waals surface area contributed by atoms with Gasteiger partial charge in [-0.2, -0.15) is 0 Å². The van der Waals surface area contributed by atoms with Crippen molar-refractivity contribution in [1.29, 1.82) is 0 Å². The molecule has 0 spiro atoms. The Morgan fingerprint density at radius 3 is 2.20 bits per heavy atom. The van der Waals surface area contributed by atoms with Crippen LogP contribution in [0.1, 0.15) is 41.6 Å². The van der Waals surface area contributed by atoms with Gasteiger partial charge in [-0.05, 0) is 42.7 Å². The van der Waals surface area contributed by atoms with Gasteiger partial charge in [0.2, 0.25) is 0 Å². The fourth-order valence-corrected chi connectivity index (χ4v) is 4.12. The Bertz CT molecular complexity index is 1200. The van der Waals surface area contributed by atoms with Gasteiger partial charge in [-0.15, -0.1) is 6.58 Å². The Labute approximate surface area is 174 Å². The highest BCUT2D eigenvalue weighted by molar-refractivity contribution is 5.94. The fraction of sp³-hybridized carbons (Fsp3) is 0.292. The third-order valence-electron chi connectivity index (χ3n) is 5.70. The molecule has 1 heterocycles. The van der Waals surface area contributed by atoms with E-state index in [9.17, 15) is 14.4 Å². The minimum absolute atomic E-state index is 0.0666. The third kappa shape index (κ3) is 3.85. The van der Waals surface area contributed by atoms with Crippen molar-refractivity contribution in [1.82, 2.24) is 14.5 Å². The highest BCUT2D eigenvalue weighted by atomic mass is 16.2. The standard InChI is InChI=1S/C24H25N3O3/c1-2-15-26-20-9-5-6-10-21(20)27(24(30)23(26)29)16-17-11-13-18(14-12-17)22(28)25-19-7-3-4-8-19/h2,5-6,9-14,19H,1,3-4,7-8,15-16H2,(H,25,28). The number of fused-ring (bicyclic) bond motifs is 1. The molecule has 1 fully saturated rings. The molecular formula is C24H25N3O3. The smallest absolute Gasteiger partial charge is 0.317 e. The van der Waals surface area contributed by atoms with Crippen LogP contribution in [0.4, 0.5) is 0 Å². The van der Waals surface area contributed by atoms with Crippen molar-refractivity contribution in [2.24, 2.45) is 0 Å². The summed E-state index contributed by atoms with van der Waals surface area (Å²) in [5, 5.41) is 3.08. The number of rotatable bonds is 6. The third-order valence-corrected chi connectivity index (χ3v) is 5.70. The van der Waals surface area contributed by atoms with Gasteiger partial charge in [0.05, 0.1) is 17.6 Å². The lowest BCUT2D eigenvalue weighted by Crippen LogP contribution is -2.41. The van der Waals surface area contributed by atoms with Crippen molar-refractivity contribution in [3.8, 4) is 0 Å². The van der Waals surface area contributed by atoms with Gasteiger partial charge in [-0.1, -0.05) is 43.2 Å². The minimum atomic E-state index is -0.571. The molecule has 154 valence electrons. The van der Waals surface area contributed by atoms with Crippen LogP contribution in [0.2, 0.25) is 0 Å². The van der Waals surface area contributed by atoms with Crippen LogP contribution < -0.4 is 16.4 Å². The highest BCUT2D eigenvalue weighted by Crippen LogP contribution is 2.18. The van der Waals surface area contributed by atoms with Crippen molar-refractivity contribution in [3.05, 3.63) is 93.0 Å². The predicted octanol–water partition coefficient (Wildman–Crippen LogP) is 3.07. The van der Waals surface area contributed by atoms with E-state index in [0.29, 0.717) is 16.6 Å². The monoisotopic (exact) mass is 403 g/mol. The molecule has 0 aliphatic heterocycles. The molecule has 1 N–H and O–H groups in total. The van der Waals surface area contributed by atoms with Crippen molar-refractivity contribution >= 4 is 16.9 Å². The Hall–Kier alpha value is -3.41. The summed E-state index contributed by atoms with van der Waals surface area (Å²) >= 11 is 0. The zero-order valence-electron chi connectivity index (χ0n) is 16.8. The van der Waals surface area contributed by atoms with Crippen LogP contribution in [0, 0.1) is 0 Å². The Kier molecular flexibility index (Phi) is 5.65. The summed E-state index contributed by atoms with van der Waals surface area (Å²) in [6.45, 7) is 4.21. The van der Waals surface area contributed by atoms with E-state index in [1.54, 1.807) is 18.2 Å². The number of amides is 1. The van der Waals surface area contributed by atoms with Crippen molar-refractivity contribution < 1.29 is 4.79 Å². The first kappa shape index (κ1) is 19.9. The lowest BCUT2D eigenvalue weighted by Gasteiger charge is -2.15. The second-order valence-corrected chi connectivity index (χ2v) is 7.74. The maximum atomic E-state index is 12.8. The van der Waals surface area contributed by atoms with Gasteiger partial charge < -0.3 is 5.32 Å². The SMILES string of the molecule is C=CCn1c(=O)c(=O)n(Cc2ccc(C(=O)NC3CCCC3)cc2)c2ccccc21. The van der Waals surface area contributed by atoms with E-state index in [4.69, 9.17) is 0 Å². The number of nitrogens with one attached hydrogen (secondary N) is 1. The second-order valence-electron chi connectivity index (χ2n) is 7.74. The molecule has 6 heteroatoms. The number of carbonyl (C=O) groups excluding carboxylic acids is 1. The maximum absolute atomic E-state index is 12.8. The molecule has 0 radical (unpaired) electrons. The molecule has 1 saturated carbocycles. The molecule has 6 nitrogen and oxygen atoms in total. The zero-order chi connectivity index (χ0) is 21.1. The first-order chi connectivity index (χ1) is 14.6. The molecule has 30 heavy (non-hydrogen) atoms. The van der Waals surface area contributed by atoms with E-state index in [-0.39, 0.29) is 25.0 Å². The normalized spacial score (nSPS) is 14.1. The van der Waals surface area contributed by atoms with E-state index in [2.05, 4.69) is 11.9 Å². The van der Waals surface area contributed by atoms with Gasteiger partial charge >= 0.3 is 11.1 Å². The number of hydrogen-bond donors (Lipinski definition) is 1. The highest BCUT2D eigenvalue weighted by Gasteiger charge is 2.18. The summed E-state index contributed by atoms with van der Waals surface area (Å²) in [5.41, 5.74) is 1.69. The molecule has 0 unspecified atom stereocenters. The zero-order valence-corrected chi connectivity index (χ0v) is 16.8. The number of allylic oxidation sites excluding steroid dienone is 1. The van der Waals surface area contributed by atoms with E-state index < -0.39 is 11.1 Å². The molecule has 1 aliphatic rings. The first-order valence-corrected chi connectivity index (χ1v) is 10.3. The van der Waals surface area contributed by atoms with Gasteiger partial charge in [0.25, 0.3) is 5.91 Å². The van der Waals surface area contributed by atoms with Crippen LogP contribution in [0.3, 0.4) is 0 Å². The van der Waals surface area contributed by atoms with Gasteiger partial charge in [0, 0.05) is 18.2 Å². The Morgan fingerprint density at radius 1 is 0.967 bits per heavy atom. The van der Waals surface area contributed by atoms with E-state index in [1.807, 2.05) is 36.4 Å². The topological polar surface area (TPSA) is 73.1 Å². The Morgan fingerprint density at radius 2 is 1.57 bits per heavy atom. The number of carbonyl (C=O) groups is 1. The molecule has 4 rings (SSSR count). The van der Waals surface area contributed by atoms with Crippen LogP contribution >= 0.6 is 0 Å². The molecular weight excluding hydrogens is 378 g/mol. The summed E-state index contributed by atoms with van der Waals surface area (Å²) in [7, 11) is 0. The molecule has 3 aromatic rings. The molecule has 2 aromatic carbocycles. The lowest BCUT2D eigenvalue weighted by molar-refractivity contribution is 0.0938. The van der Waals surface area contributed by atoms with Gasteiger partial charge in [-0.3, -0.25) is 23.5 Å². The molecule has 0 atom stereocenters. The molecule has 1 aromatic heterocycles. The first-order valence-electron chi connectivity index (χ1n) is 10.3. The van der Waals surface area contributed by atoms with E-state index in [1.165, 1.54) is 9.13 Å². The van der Waals surface area contributed by atoms with E-state index in [0.717, 1.165) is 31.2 Å². The van der Waals surface area contributed by atoms with Crippen LogP contribution in [0.5, 0.6) is 0 Å². The summed E-state index contributed by atoms with van der Waals surface area (Å²) in [6.07, 6.45) is 6.01. The predicted molar refractivity (Wildman–Crippen MR) is 118 cm³/mol. The van der Waals surface area contributed by atoms with Crippen LogP contribution in [-0.2, 0) is 13.1 Å². The summed E-state index contributed by atoms with van der Waals surface area (Å²) < 4.78 is 2.93. The number of benzene rings is 2. The lowest BCUT2D eigenvalue weighted by atomic mass is 10.1. The van der Waals surface area contributed by atoms with Crippen LogP contribution in [-0.4, -0.2) is 21.1 Å². The maximum Gasteiger partial charge on any atom is 0.317 e. The molecule has 1 amide bonds. The quantitative estimate of drug-likeness (QED) is 0.508. The van der Waals surface area contributed by atoms with E-state index >= 15 is 0 Å². The molecule has 0 saturated heterocycles. The fourth-order valence-electron chi connectivity index (χ4n) is 4.12. The largest absolute Gasteiger partial charge is 0.349 e. The molecule has 0 bridgehead atoms. The number of para-hydroxylation sites is 2. The Balaban J connectivity index is 1.63. The van der Waals surface area contributed by atoms with Crippen LogP contribution in [0.25, 0.3) is 11.0 Å². The summed E-state index contributed by atoms with van der Waals surface area (Å²) in [6, 6.07) is 14.8. The minimum Gasteiger partial charge on any atom is -0.349 e. The molecule has 1 aliphatic carbocycles. The summed E-state index contributed by atoms with van der Waals surface area (Å²) in [4.78, 5) is 37.8. The average Bonchev–Trinajstić information content (AvgIpc) is 3.27. The number of nitrogens with zero attached hydrogens (tertiary/aromatic N) is 2. The average molecular weight is 403 g/mol. The van der Waals surface area contributed by atoms with Gasteiger partial charge in [0.15, 0.2) is 0 Å². The number of hydrogen-bond acceptors (Lipinski definition) is 3. The van der Waals surface area contributed by atoms with Crippen molar-refractivity contribution in [3.63, 3.8) is 0 Å². The van der Waals surface area contributed by atoms with Crippen molar-refractivity contribution in [2.75, 3.05) is 0 Å². The van der Waals surface area contributed by atoms with Crippen LogP contribution in [0.15, 0.2) is 70.8 Å². The number of aromatic nitrogens is 2. The van der Waals surface area contributed by atoms with Gasteiger partial charge in [-0.25, -0.2) is 0 Å². The van der Waals surface area contributed by atoms with Crippen molar-refractivity contribution in [2.45, 2.75) is 44.8 Å². The summed E-state index contributed by atoms with van der Waals surface area (Å²) in [5.74, 6) is -0.0666.